The molecular weight excluding hydrogens is 264 g/mol. The van der Waals surface area contributed by atoms with E-state index in [2.05, 4.69) is 0 Å². The van der Waals surface area contributed by atoms with Gasteiger partial charge in [0.25, 0.3) is 5.69 Å². The Balaban J connectivity index is 2.71. The summed E-state index contributed by atoms with van der Waals surface area (Å²) in [5, 5.41) is 19.3. The maximum Gasteiger partial charge on any atom is 0.323 e. The summed E-state index contributed by atoms with van der Waals surface area (Å²) in [5.41, 5.74) is 0.573. The molecule has 0 aliphatic rings. The summed E-state index contributed by atoms with van der Waals surface area (Å²) < 4.78 is 0. The highest BCUT2D eigenvalue weighted by Gasteiger charge is 2.16. The summed E-state index contributed by atoms with van der Waals surface area (Å²) in [6.45, 7) is 1.89. The van der Waals surface area contributed by atoms with Crippen molar-refractivity contribution in [1.29, 1.82) is 0 Å². The van der Waals surface area contributed by atoms with E-state index in [-0.39, 0.29) is 24.6 Å². The molecule has 0 heterocycles. The van der Waals surface area contributed by atoms with Crippen molar-refractivity contribution in [2.24, 2.45) is 0 Å². The van der Waals surface area contributed by atoms with Crippen LogP contribution in [0.4, 0.5) is 5.69 Å². The summed E-state index contributed by atoms with van der Waals surface area (Å²) in [4.78, 5) is 33.9. The van der Waals surface area contributed by atoms with Crippen LogP contribution in [0.2, 0.25) is 0 Å². The van der Waals surface area contributed by atoms with Crippen LogP contribution in [0.5, 0.6) is 0 Å². The zero-order valence-electron chi connectivity index (χ0n) is 11.1. The summed E-state index contributed by atoms with van der Waals surface area (Å²) in [6.07, 6.45) is 0.699. The molecule has 1 aromatic rings. The number of carboxylic acids is 1. The van der Waals surface area contributed by atoms with Gasteiger partial charge in [-0.15, -0.1) is 0 Å². The molecule has 0 bridgehead atoms. The highest BCUT2D eigenvalue weighted by atomic mass is 16.6. The molecule has 7 heteroatoms. The summed E-state index contributed by atoms with van der Waals surface area (Å²) in [7, 11) is 0. The topological polar surface area (TPSA) is 101 Å². The Bertz CT molecular complexity index is 498. The number of nitro groups is 1. The molecule has 108 valence electrons. The van der Waals surface area contributed by atoms with Crippen LogP contribution in [0, 0.1) is 10.1 Å². The number of carbonyl (C=O) groups is 2. The molecule has 0 aliphatic carbocycles. The quantitative estimate of drug-likeness (QED) is 0.602. The lowest BCUT2D eigenvalue weighted by Gasteiger charge is -2.19. The van der Waals surface area contributed by atoms with E-state index in [0.29, 0.717) is 18.5 Å². The summed E-state index contributed by atoms with van der Waals surface area (Å²) >= 11 is 0. The van der Waals surface area contributed by atoms with Crippen LogP contribution >= 0.6 is 0 Å². The van der Waals surface area contributed by atoms with Crippen LogP contribution in [0.1, 0.15) is 18.9 Å². The molecule has 0 aromatic heterocycles. The Morgan fingerprint density at radius 1 is 1.30 bits per heavy atom. The van der Waals surface area contributed by atoms with Gasteiger partial charge in [-0.05, 0) is 12.0 Å². The third-order valence-electron chi connectivity index (χ3n) is 2.67. The van der Waals surface area contributed by atoms with Gasteiger partial charge in [0.1, 0.15) is 6.54 Å². The van der Waals surface area contributed by atoms with Gasteiger partial charge in [0, 0.05) is 18.7 Å². The minimum absolute atomic E-state index is 0.0330. The Labute approximate surface area is 116 Å². The lowest BCUT2D eigenvalue weighted by molar-refractivity contribution is -0.384. The minimum atomic E-state index is -1.06. The molecule has 1 N–H and O–H groups in total. The Hall–Kier alpha value is -2.44. The lowest BCUT2D eigenvalue weighted by atomic mass is 10.1. The van der Waals surface area contributed by atoms with Gasteiger partial charge in [-0.3, -0.25) is 19.7 Å². The average molecular weight is 280 g/mol. The zero-order valence-corrected chi connectivity index (χ0v) is 11.1. The van der Waals surface area contributed by atoms with E-state index < -0.39 is 10.9 Å². The summed E-state index contributed by atoms with van der Waals surface area (Å²) in [5.74, 6) is -1.36. The zero-order chi connectivity index (χ0) is 15.1. The molecular formula is C13H16N2O5. The van der Waals surface area contributed by atoms with Crippen LogP contribution < -0.4 is 0 Å². The number of nitrogens with zero attached hydrogens (tertiary/aromatic N) is 2. The second kappa shape index (κ2) is 7.22. The third-order valence-corrected chi connectivity index (χ3v) is 2.67. The van der Waals surface area contributed by atoms with E-state index in [4.69, 9.17) is 5.11 Å². The van der Waals surface area contributed by atoms with Crippen molar-refractivity contribution in [2.45, 2.75) is 19.8 Å². The number of hydrogen-bond acceptors (Lipinski definition) is 4. The van der Waals surface area contributed by atoms with Crippen molar-refractivity contribution in [2.75, 3.05) is 13.1 Å². The van der Waals surface area contributed by atoms with Gasteiger partial charge >= 0.3 is 5.97 Å². The number of aliphatic carboxylic acids is 1. The standard InChI is InChI=1S/C13H16N2O5/c1-2-7-14(9-13(17)18)12(16)8-10-3-5-11(6-4-10)15(19)20/h3-6H,2,7-9H2,1H3,(H,17,18). The Morgan fingerprint density at radius 3 is 2.35 bits per heavy atom. The molecule has 1 amide bonds. The highest BCUT2D eigenvalue weighted by Crippen LogP contribution is 2.13. The van der Waals surface area contributed by atoms with Gasteiger partial charge in [-0.1, -0.05) is 19.1 Å². The molecule has 0 saturated heterocycles. The molecule has 0 spiro atoms. The van der Waals surface area contributed by atoms with Crippen LogP contribution in [0.25, 0.3) is 0 Å². The van der Waals surface area contributed by atoms with Crippen LogP contribution in [-0.2, 0) is 16.0 Å². The van der Waals surface area contributed by atoms with Gasteiger partial charge in [0.05, 0.1) is 11.3 Å². The maximum absolute atomic E-state index is 12.0. The van der Waals surface area contributed by atoms with Crippen LogP contribution in [-0.4, -0.2) is 39.9 Å². The van der Waals surface area contributed by atoms with E-state index in [1.165, 1.54) is 29.2 Å². The fraction of sp³-hybridized carbons (Fsp3) is 0.385. The number of hydrogen-bond donors (Lipinski definition) is 1. The molecule has 0 fully saturated rings. The molecule has 1 rings (SSSR count). The summed E-state index contributed by atoms with van der Waals surface area (Å²) in [6, 6.07) is 5.65. The van der Waals surface area contributed by atoms with E-state index in [1.807, 2.05) is 6.92 Å². The second-order valence-corrected chi connectivity index (χ2v) is 4.31. The first-order valence-corrected chi connectivity index (χ1v) is 6.17. The van der Waals surface area contributed by atoms with E-state index in [9.17, 15) is 19.7 Å². The number of benzene rings is 1. The predicted octanol–water partition coefficient (Wildman–Crippen LogP) is 1.46. The van der Waals surface area contributed by atoms with Crippen LogP contribution in [0.3, 0.4) is 0 Å². The average Bonchev–Trinajstić information content (AvgIpc) is 2.38. The van der Waals surface area contributed by atoms with Gasteiger partial charge < -0.3 is 10.0 Å². The smallest absolute Gasteiger partial charge is 0.323 e. The molecule has 0 aliphatic heterocycles. The highest BCUT2D eigenvalue weighted by molar-refractivity contribution is 5.83. The Morgan fingerprint density at radius 2 is 1.90 bits per heavy atom. The van der Waals surface area contributed by atoms with E-state index in [0.717, 1.165) is 0 Å². The molecule has 0 unspecified atom stereocenters. The predicted molar refractivity (Wildman–Crippen MR) is 71.3 cm³/mol. The molecule has 0 saturated carbocycles. The van der Waals surface area contributed by atoms with Gasteiger partial charge in [0.15, 0.2) is 0 Å². The lowest BCUT2D eigenvalue weighted by Crippen LogP contribution is -2.37. The monoisotopic (exact) mass is 280 g/mol. The maximum atomic E-state index is 12.0. The number of nitro benzene ring substituents is 1. The largest absolute Gasteiger partial charge is 0.480 e. The SMILES string of the molecule is CCCN(CC(=O)O)C(=O)Cc1ccc([N+](=O)[O-])cc1. The molecule has 0 radical (unpaired) electrons. The van der Waals surface area contributed by atoms with E-state index in [1.54, 1.807) is 0 Å². The first-order chi connectivity index (χ1) is 9.43. The van der Waals surface area contributed by atoms with Gasteiger partial charge in [0.2, 0.25) is 5.91 Å². The van der Waals surface area contributed by atoms with Crippen molar-refractivity contribution in [1.82, 2.24) is 4.90 Å². The van der Waals surface area contributed by atoms with E-state index >= 15 is 0 Å². The molecule has 0 atom stereocenters. The molecule has 1 aromatic carbocycles. The third kappa shape index (κ3) is 4.68. The first kappa shape index (κ1) is 15.6. The number of carbonyl (C=O) groups excluding carboxylic acids is 1. The van der Waals surface area contributed by atoms with Crippen molar-refractivity contribution < 1.29 is 19.6 Å². The second-order valence-electron chi connectivity index (χ2n) is 4.31. The number of non-ortho nitro benzene ring substituents is 1. The first-order valence-electron chi connectivity index (χ1n) is 6.17. The number of amides is 1. The van der Waals surface area contributed by atoms with Crippen LogP contribution in [0.15, 0.2) is 24.3 Å². The Kier molecular flexibility index (Phi) is 5.64. The van der Waals surface area contributed by atoms with Crippen molar-refractivity contribution in [3.63, 3.8) is 0 Å². The number of rotatable bonds is 7. The fourth-order valence-electron chi connectivity index (χ4n) is 1.75. The van der Waals surface area contributed by atoms with Crippen molar-refractivity contribution >= 4 is 17.6 Å². The number of carboxylic acid groups (broad SMARTS) is 1. The normalized spacial score (nSPS) is 10.1. The van der Waals surface area contributed by atoms with Crippen molar-refractivity contribution in [3.05, 3.63) is 39.9 Å². The van der Waals surface area contributed by atoms with Crippen molar-refractivity contribution in [3.8, 4) is 0 Å². The minimum Gasteiger partial charge on any atom is -0.480 e. The molecule has 7 nitrogen and oxygen atoms in total. The van der Waals surface area contributed by atoms with Gasteiger partial charge in [-0.2, -0.15) is 0 Å². The fourth-order valence-corrected chi connectivity index (χ4v) is 1.75. The molecule has 20 heavy (non-hydrogen) atoms. The van der Waals surface area contributed by atoms with Gasteiger partial charge in [-0.25, -0.2) is 0 Å².